The summed E-state index contributed by atoms with van der Waals surface area (Å²) in [4.78, 5) is 26.2. The number of thiophene rings is 1. The second kappa shape index (κ2) is 5.34. The Hall–Kier alpha value is -1.73. The van der Waals surface area contributed by atoms with Crippen LogP contribution in [0.25, 0.3) is 10.2 Å². The number of amides is 1. The maximum atomic E-state index is 11.5. The van der Waals surface area contributed by atoms with Crippen LogP contribution >= 0.6 is 11.3 Å². The van der Waals surface area contributed by atoms with E-state index in [9.17, 15) is 4.79 Å². The van der Waals surface area contributed by atoms with E-state index in [0.717, 1.165) is 29.1 Å². The Morgan fingerprint density at radius 3 is 2.80 bits per heavy atom. The van der Waals surface area contributed by atoms with Gasteiger partial charge in [0.15, 0.2) is 0 Å². The smallest absolute Gasteiger partial charge is 0.248 e. The molecule has 0 spiro atoms. The molecule has 0 radical (unpaired) electrons. The fraction of sp³-hybridized carbons (Fsp3) is 0.462. The van der Waals surface area contributed by atoms with E-state index in [0.29, 0.717) is 13.1 Å². The van der Waals surface area contributed by atoms with Gasteiger partial charge in [-0.3, -0.25) is 4.79 Å². The average Bonchev–Trinajstić information content (AvgIpc) is 2.86. The molecule has 1 fully saturated rings. The number of fused-ring (bicyclic) bond motifs is 1. The molecule has 1 aliphatic rings. The number of piperazine rings is 1. The van der Waals surface area contributed by atoms with Gasteiger partial charge in [-0.05, 0) is 13.0 Å². The number of hydrogen-bond acceptors (Lipinski definition) is 6. The Morgan fingerprint density at radius 1 is 1.35 bits per heavy atom. The highest BCUT2D eigenvalue weighted by Crippen LogP contribution is 2.30. The van der Waals surface area contributed by atoms with Crippen LogP contribution in [-0.2, 0) is 4.79 Å². The summed E-state index contributed by atoms with van der Waals surface area (Å²) in [6.45, 7) is 4.34. The number of aryl methyl sites for hydroxylation is 1. The van der Waals surface area contributed by atoms with Crippen molar-refractivity contribution in [3.05, 3.63) is 17.3 Å². The van der Waals surface area contributed by atoms with Crippen molar-refractivity contribution < 1.29 is 9.90 Å². The van der Waals surface area contributed by atoms with Crippen molar-refractivity contribution >= 4 is 33.3 Å². The summed E-state index contributed by atoms with van der Waals surface area (Å²) in [5.74, 6) is 0.735. The molecule has 7 heteroatoms. The van der Waals surface area contributed by atoms with Crippen LogP contribution in [0.3, 0.4) is 0 Å². The summed E-state index contributed by atoms with van der Waals surface area (Å²) < 4.78 is 0. The Morgan fingerprint density at radius 2 is 2.10 bits per heavy atom. The van der Waals surface area contributed by atoms with Gasteiger partial charge < -0.3 is 14.9 Å². The summed E-state index contributed by atoms with van der Waals surface area (Å²) in [6, 6.07) is 2.11. The van der Waals surface area contributed by atoms with Crippen molar-refractivity contribution in [3.63, 3.8) is 0 Å². The molecule has 0 aromatic carbocycles. The van der Waals surface area contributed by atoms with E-state index < -0.39 is 6.61 Å². The number of rotatable bonds is 2. The van der Waals surface area contributed by atoms with Gasteiger partial charge in [0, 0.05) is 31.1 Å². The lowest BCUT2D eigenvalue weighted by Gasteiger charge is -2.35. The average molecular weight is 292 g/mol. The Balaban J connectivity index is 1.81. The summed E-state index contributed by atoms with van der Waals surface area (Å²) in [7, 11) is 0. The number of aromatic nitrogens is 2. The minimum Gasteiger partial charge on any atom is -0.387 e. The lowest BCUT2D eigenvalue weighted by molar-refractivity contribution is -0.134. The standard InChI is InChI=1S/C13H16N4O2S/c1-9-6-10-12(14-8-15-13(10)20-9)17-4-2-16(3-5-17)11(19)7-18/h6,8,18H,2-5,7H2,1H3. The van der Waals surface area contributed by atoms with Crippen LogP contribution < -0.4 is 4.90 Å². The zero-order valence-electron chi connectivity index (χ0n) is 11.2. The Kier molecular flexibility index (Phi) is 3.54. The normalized spacial score (nSPS) is 15.9. The molecule has 0 atom stereocenters. The first-order valence-corrected chi connectivity index (χ1v) is 7.35. The monoisotopic (exact) mass is 292 g/mol. The molecule has 6 nitrogen and oxygen atoms in total. The molecular formula is C13H16N4O2S. The zero-order valence-corrected chi connectivity index (χ0v) is 12.1. The van der Waals surface area contributed by atoms with Gasteiger partial charge in [0.05, 0.1) is 5.39 Å². The second-order valence-electron chi connectivity index (χ2n) is 4.80. The minimum absolute atomic E-state index is 0.205. The van der Waals surface area contributed by atoms with Crippen molar-refractivity contribution in [2.75, 3.05) is 37.7 Å². The van der Waals surface area contributed by atoms with Crippen LogP contribution in [0, 0.1) is 6.92 Å². The molecule has 2 aromatic rings. The molecule has 3 rings (SSSR count). The summed E-state index contributed by atoms with van der Waals surface area (Å²) in [5, 5.41) is 9.97. The number of carbonyl (C=O) groups is 1. The molecule has 1 aliphatic heterocycles. The molecular weight excluding hydrogens is 276 g/mol. The van der Waals surface area contributed by atoms with E-state index in [1.165, 1.54) is 4.88 Å². The van der Waals surface area contributed by atoms with Gasteiger partial charge in [-0.1, -0.05) is 0 Å². The van der Waals surface area contributed by atoms with E-state index >= 15 is 0 Å². The predicted octanol–water partition coefficient (Wildman–Crippen LogP) is 0.641. The number of aliphatic hydroxyl groups is 1. The highest BCUT2D eigenvalue weighted by atomic mass is 32.1. The van der Waals surface area contributed by atoms with Crippen LogP contribution in [0.15, 0.2) is 12.4 Å². The quantitative estimate of drug-likeness (QED) is 0.879. The van der Waals surface area contributed by atoms with Gasteiger partial charge in [0.1, 0.15) is 23.6 Å². The number of hydrogen-bond donors (Lipinski definition) is 1. The van der Waals surface area contributed by atoms with Crippen molar-refractivity contribution in [2.24, 2.45) is 0 Å². The van der Waals surface area contributed by atoms with Crippen LogP contribution in [0.5, 0.6) is 0 Å². The predicted molar refractivity (Wildman–Crippen MR) is 78.0 cm³/mol. The Labute approximate surface area is 120 Å². The molecule has 2 aromatic heterocycles. The first-order valence-electron chi connectivity index (χ1n) is 6.54. The molecule has 20 heavy (non-hydrogen) atoms. The maximum Gasteiger partial charge on any atom is 0.248 e. The third-order valence-electron chi connectivity index (χ3n) is 3.50. The van der Waals surface area contributed by atoms with E-state index in [2.05, 4.69) is 27.9 Å². The number of aliphatic hydroxyl groups excluding tert-OH is 1. The van der Waals surface area contributed by atoms with E-state index in [-0.39, 0.29) is 5.91 Å². The molecule has 0 aliphatic carbocycles. The van der Waals surface area contributed by atoms with Gasteiger partial charge in [-0.25, -0.2) is 9.97 Å². The molecule has 1 N–H and O–H groups in total. The first kappa shape index (κ1) is 13.3. The summed E-state index contributed by atoms with van der Waals surface area (Å²) in [5.41, 5.74) is 0. The van der Waals surface area contributed by atoms with Gasteiger partial charge in [-0.2, -0.15) is 0 Å². The molecule has 1 saturated heterocycles. The van der Waals surface area contributed by atoms with Crippen LogP contribution in [-0.4, -0.2) is 58.7 Å². The number of anilines is 1. The van der Waals surface area contributed by atoms with Crippen molar-refractivity contribution in [3.8, 4) is 0 Å². The van der Waals surface area contributed by atoms with Crippen molar-refractivity contribution in [1.82, 2.24) is 14.9 Å². The third-order valence-corrected chi connectivity index (χ3v) is 4.46. The van der Waals surface area contributed by atoms with E-state index in [1.54, 1.807) is 22.6 Å². The summed E-state index contributed by atoms with van der Waals surface area (Å²) in [6.07, 6.45) is 1.60. The molecule has 0 saturated carbocycles. The minimum atomic E-state index is -0.415. The lowest BCUT2D eigenvalue weighted by Crippen LogP contribution is -2.49. The summed E-state index contributed by atoms with van der Waals surface area (Å²) >= 11 is 1.66. The topological polar surface area (TPSA) is 69.6 Å². The largest absolute Gasteiger partial charge is 0.387 e. The van der Waals surface area contributed by atoms with Crippen molar-refractivity contribution in [2.45, 2.75) is 6.92 Å². The van der Waals surface area contributed by atoms with Gasteiger partial charge >= 0.3 is 0 Å². The zero-order chi connectivity index (χ0) is 14.1. The lowest BCUT2D eigenvalue weighted by atomic mass is 10.2. The van der Waals surface area contributed by atoms with Crippen LogP contribution in [0.1, 0.15) is 4.88 Å². The fourth-order valence-corrected chi connectivity index (χ4v) is 3.32. The molecule has 0 bridgehead atoms. The molecule has 3 heterocycles. The third kappa shape index (κ3) is 2.34. The molecule has 106 valence electrons. The second-order valence-corrected chi connectivity index (χ2v) is 6.03. The number of nitrogens with zero attached hydrogens (tertiary/aromatic N) is 4. The van der Waals surface area contributed by atoms with Gasteiger partial charge in [-0.15, -0.1) is 11.3 Å². The van der Waals surface area contributed by atoms with Crippen LogP contribution in [0.4, 0.5) is 5.82 Å². The van der Waals surface area contributed by atoms with Crippen LogP contribution in [0.2, 0.25) is 0 Å². The van der Waals surface area contributed by atoms with Gasteiger partial charge in [0.2, 0.25) is 5.91 Å². The highest BCUT2D eigenvalue weighted by Gasteiger charge is 2.22. The maximum absolute atomic E-state index is 11.5. The van der Waals surface area contributed by atoms with E-state index in [4.69, 9.17) is 5.11 Å². The highest BCUT2D eigenvalue weighted by molar-refractivity contribution is 7.18. The van der Waals surface area contributed by atoms with Gasteiger partial charge in [0.25, 0.3) is 0 Å². The number of carbonyl (C=O) groups excluding carboxylic acids is 1. The molecule has 0 unspecified atom stereocenters. The SMILES string of the molecule is Cc1cc2c(N3CCN(C(=O)CO)CC3)ncnc2s1. The molecule has 1 amide bonds. The first-order chi connectivity index (χ1) is 9.69. The Bertz CT molecular complexity index is 634. The van der Waals surface area contributed by atoms with Crippen molar-refractivity contribution in [1.29, 1.82) is 0 Å². The fourth-order valence-electron chi connectivity index (χ4n) is 2.48. The van der Waals surface area contributed by atoms with E-state index in [1.807, 2.05) is 0 Å².